The molecule has 0 saturated carbocycles. The third-order valence-corrected chi connectivity index (χ3v) is 6.00. The van der Waals surface area contributed by atoms with Gasteiger partial charge in [0.15, 0.2) is 5.76 Å². The first-order valence-electron chi connectivity index (χ1n) is 9.18. The van der Waals surface area contributed by atoms with Crippen molar-refractivity contribution in [1.82, 2.24) is 4.90 Å². The molecule has 2 aliphatic rings. The maximum absolute atomic E-state index is 13.1. The summed E-state index contributed by atoms with van der Waals surface area (Å²) in [5.41, 5.74) is 0.827. The fourth-order valence-corrected chi connectivity index (χ4v) is 4.46. The first-order valence-corrected chi connectivity index (χ1v) is 10.1. The van der Waals surface area contributed by atoms with Crippen LogP contribution in [0.25, 0.3) is 0 Å². The predicted molar refractivity (Wildman–Crippen MR) is 105 cm³/mol. The molecule has 1 amide bonds. The van der Waals surface area contributed by atoms with Gasteiger partial charge in [-0.1, -0.05) is 18.2 Å². The SMILES string of the molecule is COc1cccc([C@H]2C(C(=O)c3cccs3)=C(O)C(=O)N2C[C@@H]2CCCO2)c1. The fraction of sp³-hybridized carbons (Fsp3) is 0.333. The fourth-order valence-electron chi connectivity index (χ4n) is 3.78. The second-order valence-corrected chi connectivity index (χ2v) is 7.79. The van der Waals surface area contributed by atoms with Crippen molar-refractivity contribution in [3.05, 3.63) is 63.6 Å². The van der Waals surface area contributed by atoms with Crippen LogP contribution < -0.4 is 4.74 Å². The van der Waals surface area contributed by atoms with E-state index in [1.165, 1.54) is 11.3 Å². The molecule has 1 aromatic carbocycles. The number of ether oxygens (including phenoxy) is 2. The summed E-state index contributed by atoms with van der Waals surface area (Å²) in [6, 6.07) is 10.0. The number of hydrogen-bond acceptors (Lipinski definition) is 6. The Labute approximate surface area is 167 Å². The van der Waals surface area contributed by atoms with Crippen LogP contribution in [0, 0.1) is 0 Å². The minimum atomic E-state index is -0.679. The second-order valence-electron chi connectivity index (χ2n) is 6.84. The average molecular weight is 399 g/mol. The highest BCUT2D eigenvalue weighted by Crippen LogP contribution is 2.40. The van der Waals surface area contributed by atoms with Crippen molar-refractivity contribution in [2.45, 2.75) is 25.0 Å². The van der Waals surface area contributed by atoms with Crippen LogP contribution in [0.2, 0.25) is 0 Å². The lowest BCUT2D eigenvalue weighted by Gasteiger charge is -2.29. The molecule has 0 aliphatic carbocycles. The standard InChI is InChI=1S/C21H21NO5S/c1-26-14-6-2-5-13(11-14)18-17(19(23)16-8-4-10-28-16)20(24)21(25)22(18)12-15-7-3-9-27-15/h2,4-6,8,10-11,15,18,24H,3,7,9,12H2,1H3/t15-,18-/m0/s1. The number of ketones is 1. The molecule has 1 N–H and O–H groups in total. The zero-order valence-corrected chi connectivity index (χ0v) is 16.3. The van der Waals surface area contributed by atoms with Crippen LogP contribution in [-0.4, -0.2) is 48.1 Å². The molecule has 0 spiro atoms. The van der Waals surface area contributed by atoms with Crippen LogP contribution in [0.15, 0.2) is 53.1 Å². The molecule has 2 atom stereocenters. The van der Waals surface area contributed by atoms with Gasteiger partial charge in [0.2, 0.25) is 5.78 Å². The largest absolute Gasteiger partial charge is 0.503 e. The third kappa shape index (κ3) is 3.31. The van der Waals surface area contributed by atoms with E-state index in [0.29, 0.717) is 23.8 Å². The number of rotatable bonds is 6. The predicted octanol–water partition coefficient (Wildman–Crippen LogP) is 3.51. The Morgan fingerprint density at radius 3 is 2.89 bits per heavy atom. The highest BCUT2D eigenvalue weighted by molar-refractivity contribution is 7.12. The maximum atomic E-state index is 13.1. The molecule has 2 aliphatic heterocycles. The maximum Gasteiger partial charge on any atom is 0.290 e. The van der Waals surface area contributed by atoms with E-state index in [0.717, 1.165) is 18.4 Å². The molecule has 0 bridgehead atoms. The number of aliphatic hydroxyl groups excluding tert-OH is 1. The molecule has 4 rings (SSSR count). The van der Waals surface area contributed by atoms with E-state index in [4.69, 9.17) is 9.47 Å². The Balaban J connectivity index is 1.77. The summed E-state index contributed by atoms with van der Waals surface area (Å²) >= 11 is 1.29. The Bertz CT molecular complexity index is 915. The second kappa shape index (κ2) is 7.77. The van der Waals surface area contributed by atoms with Crippen molar-refractivity contribution in [3.8, 4) is 5.75 Å². The topological polar surface area (TPSA) is 76.1 Å². The molecule has 0 radical (unpaired) electrons. The van der Waals surface area contributed by atoms with Gasteiger partial charge in [0, 0.05) is 13.2 Å². The van der Waals surface area contributed by atoms with Gasteiger partial charge in [-0.25, -0.2) is 0 Å². The van der Waals surface area contributed by atoms with E-state index in [9.17, 15) is 14.7 Å². The summed E-state index contributed by atoms with van der Waals surface area (Å²) in [6.07, 6.45) is 1.70. The monoisotopic (exact) mass is 399 g/mol. The van der Waals surface area contributed by atoms with Crippen molar-refractivity contribution < 1.29 is 24.2 Å². The van der Waals surface area contributed by atoms with Crippen LogP contribution in [0.3, 0.4) is 0 Å². The summed E-state index contributed by atoms with van der Waals surface area (Å²) < 4.78 is 11.0. The highest BCUT2D eigenvalue weighted by atomic mass is 32.1. The number of Topliss-reactive ketones (excluding diaryl/α,β-unsaturated/α-hetero) is 1. The molecule has 6 nitrogen and oxygen atoms in total. The molecule has 1 fully saturated rings. The van der Waals surface area contributed by atoms with Gasteiger partial charge >= 0.3 is 0 Å². The van der Waals surface area contributed by atoms with Crippen molar-refractivity contribution in [2.24, 2.45) is 0 Å². The van der Waals surface area contributed by atoms with Crippen LogP contribution in [0.5, 0.6) is 5.75 Å². The first kappa shape index (κ1) is 18.7. The van der Waals surface area contributed by atoms with E-state index in [1.807, 2.05) is 12.1 Å². The minimum Gasteiger partial charge on any atom is -0.503 e. The van der Waals surface area contributed by atoms with E-state index in [-0.39, 0.29) is 17.5 Å². The van der Waals surface area contributed by atoms with Gasteiger partial charge in [0.05, 0.1) is 29.7 Å². The van der Waals surface area contributed by atoms with Gasteiger partial charge in [-0.05, 0) is 42.0 Å². The van der Waals surface area contributed by atoms with E-state index < -0.39 is 17.7 Å². The summed E-state index contributed by atoms with van der Waals surface area (Å²) in [7, 11) is 1.56. The molecule has 0 unspecified atom stereocenters. The summed E-state index contributed by atoms with van der Waals surface area (Å²) in [5, 5.41) is 12.4. The van der Waals surface area contributed by atoms with Crippen molar-refractivity contribution in [3.63, 3.8) is 0 Å². The lowest BCUT2D eigenvalue weighted by molar-refractivity contribution is -0.131. The summed E-state index contributed by atoms with van der Waals surface area (Å²) in [4.78, 5) is 28.1. The number of amides is 1. The van der Waals surface area contributed by atoms with Gasteiger partial charge in [-0.3, -0.25) is 9.59 Å². The van der Waals surface area contributed by atoms with E-state index >= 15 is 0 Å². The van der Waals surface area contributed by atoms with Gasteiger partial charge in [0.25, 0.3) is 5.91 Å². The third-order valence-electron chi connectivity index (χ3n) is 5.13. The van der Waals surface area contributed by atoms with Crippen LogP contribution in [0.4, 0.5) is 0 Å². The normalized spacial score (nSPS) is 22.2. The Kier molecular flexibility index (Phi) is 5.19. The molecule has 28 heavy (non-hydrogen) atoms. The van der Waals surface area contributed by atoms with Gasteiger partial charge < -0.3 is 19.5 Å². The lowest BCUT2D eigenvalue weighted by Crippen LogP contribution is -2.37. The number of carbonyl (C=O) groups excluding carboxylic acids is 2. The highest BCUT2D eigenvalue weighted by Gasteiger charge is 2.45. The van der Waals surface area contributed by atoms with Crippen LogP contribution >= 0.6 is 11.3 Å². The Morgan fingerprint density at radius 1 is 1.36 bits per heavy atom. The number of carbonyl (C=O) groups is 2. The van der Waals surface area contributed by atoms with Crippen molar-refractivity contribution >= 4 is 23.0 Å². The average Bonchev–Trinajstić information content (AvgIpc) is 3.46. The number of nitrogens with zero attached hydrogens (tertiary/aromatic N) is 1. The number of benzene rings is 1. The van der Waals surface area contributed by atoms with Crippen molar-refractivity contribution in [2.75, 3.05) is 20.3 Å². The molecule has 2 aromatic rings. The lowest BCUT2D eigenvalue weighted by atomic mass is 9.95. The molecule has 7 heteroatoms. The molecule has 1 saturated heterocycles. The molecule has 3 heterocycles. The number of thiophene rings is 1. The molecule has 1 aromatic heterocycles. The smallest absolute Gasteiger partial charge is 0.290 e. The Hall–Kier alpha value is -2.64. The van der Waals surface area contributed by atoms with Gasteiger partial charge in [-0.2, -0.15) is 0 Å². The molecule has 146 valence electrons. The van der Waals surface area contributed by atoms with E-state index in [1.54, 1.807) is 41.7 Å². The van der Waals surface area contributed by atoms with Crippen LogP contribution in [0.1, 0.15) is 34.1 Å². The number of methoxy groups -OCH3 is 1. The zero-order chi connectivity index (χ0) is 19.7. The summed E-state index contributed by atoms with van der Waals surface area (Å²) in [5.74, 6) is -0.729. The number of aliphatic hydroxyl groups is 1. The van der Waals surface area contributed by atoms with Crippen molar-refractivity contribution in [1.29, 1.82) is 0 Å². The first-order chi connectivity index (χ1) is 13.6. The quantitative estimate of drug-likeness (QED) is 0.753. The Morgan fingerprint density at radius 2 is 2.21 bits per heavy atom. The minimum absolute atomic E-state index is 0.0963. The molecular weight excluding hydrogens is 378 g/mol. The van der Waals surface area contributed by atoms with Gasteiger partial charge in [0.1, 0.15) is 5.75 Å². The van der Waals surface area contributed by atoms with Crippen LogP contribution in [-0.2, 0) is 9.53 Å². The van der Waals surface area contributed by atoms with E-state index in [2.05, 4.69) is 0 Å². The molecular formula is C21H21NO5S. The number of hydrogen-bond donors (Lipinski definition) is 1. The zero-order valence-electron chi connectivity index (χ0n) is 15.5. The van der Waals surface area contributed by atoms with Gasteiger partial charge in [-0.15, -0.1) is 11.3 Å². The summed E-state index contributed by atoms with van der Waals surface area (Å²) in [6.45, 7) is 0.989.